The average Bonchev–Trinajstić information content (AvgIpc) is 2.49. The molecule has 0 aromatic rings. The van der Waals surface area contributed by atoms with Crippen molar-refractivity contribution >= 4 is 6.03 Å². The number of aliphatic hydroxyl groups is 2. The molecule has 128 valence electrons. The van der Waals surface area contributed by atoms with Crippen molar-refractivity contribution in [1.29, 1.82) is 0 Å². The molecule has 7 heteroatoms. The van der Waals surface area contributed by atoms with Crippen molar-refractivity contribution in [3.63, 3.8) is 0 Å². The van der Waals surface area contributed by atoms with E-state index in [0.717, 1.165) is 25.9 Å². The van der Waals surface area contributed by atoms with Gasteiger partial charge in [-0.3, -0.25) is 0 Å². The number of carbonyl (C=O) groups is 1. The molecule has 0 aromatic heterocycles. The lowest BCUT2D eigenvalue weighted by Gasteiger charge is -2.35. The molecule has 3 unspecified atom stereocenters. The summed E-state index contributed by atoms with van der Waals surface area (Å²) in [5.74, 6) is 0. The highest BCUT2D eigenvalue weighted by Crippen LogP contribution is 2.14. The normalized spacial score (nSPS) is 31.2. The Labute approximate surface area is 132 Å². The second kappa shape index (κ2) is 8.10. The van der Waals surface area contributed by atoms with Crippen LogP contribution in [0.15, 0.2) is 0 Å². The summed E-state index contributed by atoms with van der Waals surface area (Å²) in [6.07, 6.45) is 0.0717. The lowest BCUT2D eigenvalue weighted by atomic mass is 10.0. The Kier molecular flexibility index (Phi) is 6.43. The number of carbonyl (C=O) groups excluding carboxylic acids is 1. The van der Waals surface area contributed by atoms with Gasteiger partial charge in [-0.25, -0.2) is 4.79 Å². The van der Waals surface area contributed by atoms with Gasteiger partial charge in [0.05, 0.1) is 6.10 Å². The van der Waals surface area contributed by atoms with Crippen LogP contribution in [0.25, 0.3) is 0 Å². The van der Waals surface area contributed by atoms with E-state index in [2.05, 4.69) is 29.4 Å². The third kappa shape index (κ3) is 4.81. The molecule has 0 saturated carbocycles. The van der Waals surface area contributed by atoms with Crippen molar-refractivity contribution in [3.8, 4) is 0 Å². The number of urea groups is 1. The largest absolute Gasteiger partial charge is 0.390 e. The standard InChI is InChI=1S/C15H29N3O4/c1-10(2)18-6-3-11(4-7-18)17-15(21)16-9-13-14(20)12(19)5-8-22-13/h10-14,19-20H,3-9H2,1-2H3,(H2,16,17,21). The smallest absolute Gasteiger partial charge is 0.315 e. The van der Waals surface area contributed by atoms with Crippen LogP contribution in [0.5, 0.6) is 0 Å². The second-order valence-corrected chi connectivity index (χ2v) is 6.51. The van der Waals surface area contributed by atoms with E-state index in [1.807, 2.05) is 0 Å². The van der Waals surface area contributed by atoms with Crippen molar-refractivity contribution in [2.75, 3.05) is 26.2 Å². The summed E-state index contributed by atoms with van der Waals surface area (Å²) < 4.78 is 5.38. The first-order valence-electron chi connectivity index (χ1n) is 8.23. The van der Waals surface area contributed by atoms with E-state index in [0.29, 0.717) is 19.1 Å². The van der Waals surface area contributed by atoms with Gasteiger partial charge in [0.1, 0.15) is 12.2 Å². The molecule has 0 bridgehead atoms. The van der Waals surface area contributed by atoms with E-state index in [1.165, 1.54) is 0 Å². The number of rotatable bonds is 4. The topological polar surface area (TPSA) is 94.1 Å². The monoisotopic (exact) mass is 315 g/mol. The molecule has 0 aromatic carbocycles. The number of aliphatic hydroxyl groups excluding tert-OH is 2. The van der Waals surface area contributed by atoms with Crippen molar-refractivity contribution in [1.82, 2.24) is 15.5 Å². The van der Waals surface area contributed by atoms with Gasteiger partial charge in [-0.05, 0) is 33.1 Å². The molecule has 2 fully saturated rings. The quantitative estimate of drug-likeness (QED) is 0.570. The van der Waals surface area contributed by atoms with Gasteiger partial charge in [-0.15, -0.1) is 0 Å². The Balaban J connectivity index is 1.66. The first-order chi connectivity index (χ1) is 10.5. The molecule has 0 spiro atoms. The lowest BCUT2D eigenvalue weighted by Crippen LogP contribution is -2.53. The number of ether oxygens (including phenoxy) is 1. The van der Waals surface area contributed by atoms with Crippen LogP contribution in [0.2, 0.25) is 0 Å². The lowest BCUT2D eigenvalue weighted by molar-refractivity contribution is -0.131. The number of piperidine rings is 1. The van der Waals surface area contributed by atoms with Gasteiger partial charge < -0.3 is 30.5 Å². The number of nitrogens with zero attached hydrogens (tertiary/aromatic N) is 1. The van der Waals surface area contributed by atoms with Crippen molar-refractivity contribution in [2.45, 2.75) is 63.5 Å². The molecule has 2 aliphatic heterocycles. The maximum absolute atomic E-state index is 11.9. The van der Waals surface area contributed by atoms with E-state index >= 15 is 0 Å². The molecule has 2 rings (SSSR count). The Bertz CT molecular complexity index is 359. The molecular weight excluding hydrogens is 286 g/mol. The van der Waals surface area contributed by atoms with E-state index in [1.54, 1.807) is 0 Å². The number of likely N-dealkylation sites (tertiary alicyclic amines) is 1. The zero-order valence-electron chi connectivity index (χ0n) is 13.5. The van der Waals surface area contributed by atoms with E-state index in [4.69, 9.17) is 4.74 Å². The van der Waals surface area contributed by atoms with Gasteiger partial charge in [0.15, 0.2) is 0 Å². The van der Waals surface area contributed by atoms with Crippen LogP contribution in [0.3, 0.4) is 0 Å². The van der Waals surface area contributed by atoms with Crippen LogP contribution in [0, 0.1) is 0 Å². The van der Waals surface area contributed by atoms with E-state index in [-0.39, 0.29) is 18.6 Å². The Morgan fingerprint density at radius 3 is 2.59 bits per heavy atom. The highest BCUT2D eigenvalue weighted by atomic mass is 16.5. The van der Waals surface area contributed by atoms with Gasteiger partial charge in [-0.2, -0.15) is 0 Å². The number of amides is 2. The Morgan fingerprint density at radius 2 is 1.95 bits per heavy atom. The van der Waals surface area contributed by atoms with Crippen molar-refractivity contribution < 1.29 is 19.7 Å². The number of hydrogen-bond acceptors (Lipinski definition) is 5. The highest BCUT2D eigenvalue weighted by Gasteiger charge is 2.31. The third-order valence-electron chi connectivity index (χ3n) is 4.58. The zero-order chi connectivity index (χ0) is 16.1. The second-order valence-electron chi connectivity index (χ2n) is 6.51. The molecular formula is C15H29N3O4. The molecule has 2 saturated heterocycles. The maximum atomic E-state index is 11.9. The molecule has 0 radical (unpaired) electrons. The SMILES string of the molecule is CC(C)N1CCC(NC(=O)NCC2OCCC(O)C2O)CC1. The summed E-state index contributed by atoms with van der Waals surface area (Å²) in [5.41, 5.74) is 0. The molecule has 0 aliphatic carbocycles. The summed E-state index contributed by atoms with van der Waals surface area (Å²) in [6, 6.07) is 0.503. The fraction of sp³-hybridized carbons (Fsp3) is 0.933. The van der Waals surface area contributed by atoms with Gasteiger partial charge >= 0.3 is 6.03 Å². The van der Waals surface area contributed by atoms with Gasteiger partial charge in [0, 0.05) is 38.3 Å². The molecule has 4 N–H and O–H groups in total. The van der Waals surface area contributed by atoms with E-state index < -0.39 is 18.3 Å². The van der Waals surface area contributed by atoms with Crippen LogP contribution in [-0.2, 0) is 4.74 Å². The maximum Gasteiger partial charge on any atom is 0.315 e. The van der Waals surface area contributed by atoms with Crippen LogP contribution >= 0.6 is 0 Å². The minimum atomic E-state index is -0.941. The summed E-state index contributed by atoms with van der Waals surface area (Å²) in [6.45, 7) is 6.97. The summed E-state index contributed by atoms with van der Waals surface area (Å²) in [4.78, 5) is 14.3. The fourth-order valence-corrected chi connectivity index (χ4v) is 3.03. The molecule has 7 nitrogen and oxygen atoms in total. The molecule has 2 amide bonds. The fourth-order valence-electron chi connectivity index (χ4n) is 3.03. The average molecular weight is 315 g/mol. The summed E-state index contributed by atoms with van der Waals surface area (Å²) in [7, 11) is 0. The number of nitrogens with one attached hydrogen (secondary N) is 2. The van der Waals surface area contributed by atoms with Crippen LogP contribution < -0.4 is 10.6 Å². The van der Waals surface area contributed by atoms with Crippen LogP contribution in [0.1, 0.15) is 33.1 Å². The predicted octanol–water partition coefficient (Wildman–Crippen LogP) is -0.331. The van der Waals surface area contributed by atoms with Crippen molar-refractivity contribution in [3.05, 3.63) is 0 Å². The predicted molar refractivity (Wildman–Crippen MR) is 82.6 cm³/mol. The minimum Gasteiger partial charge on any atom is -0.390 e. The Hall–Kier alpha value is -0.890. The minimum absolute atomic E-state index is 0.192. The third-order valence-corrected chi connectivity index (χ3v) is 4.58. The first kappa shape index (κ1) is 17.5. The molecule has 22 heavy (non-hydrogen) atoms. The van der Waals surface area contributed by atoms with Crippen LogP contribution in [-0.4, -0.2) is 77.8 Å². The van der Waals surface area contributed by atoms with Gasteiger partial charge in [-0.1, -0.05) is 0 Å². The van der Waals surface area contributed by atoms with Crippen molar-refractivity contribution in [2.24, 2.45) is 0 Å². The number of hydrogen-bond donors (Lipinski definition) is 4. The van der Waals surface area contributed by atoms with E-state index in [9.17, 15) is 15.0 Å². The summed E-state index contributed by atoms with van der Waals surface area (Å²) >= 11 is 0. The summed E-state index contributed by atoms with van der Waals surface area (Å²) in [5, 5.41) is 25.1. The molecule has 2 aliphatic rings. The zero-order valence-corrected chi connectivity index (χ0v) is 13.5. The highest BCUT2D eigenvalue weighted by molar-refractivity contribution is 5.74. The van der Waals surface area contributed by atoms with Crippen LogP contribution in [0.4, 0.5) is 4.79 Å². The first-order valence-corrected chi connectivity index (χ1v) is 8.23. The molecule has 2 heterocycles. The van der Waals surface area contributed by atoms with Gasteiger partial charge in [0.2, 0.25) is 0 Å². The molecule has 3 atom stereocenters. The Morgan fingerprint density at radius 1 is 1.27 bits per heavy atom. The van der Waals surface area contributed by atoms with Gasteiger partial charge in [0.25, 0.3) is 0 Å².